The Morgan fingerprint density at radius 2 is 1.56 bits per heavy atom. The summed E-state index contributed by atoms with van der Waals surface area (Å²) in [5, 5.41) is 3.18. The number of amides is 2. The molecule has 3 aromatic carbocycles. The number of ether oxygens (including phenoxy) is 2. The SMILES string of the molecule is CNCCCC(c1ccc(OC)c(OC)c1)N1C(=O)c2cccc(N3CCN([C@H](C)c4ccccc4)CC3)c2C1=O. The fraction of sp³-hybridized carbons (Fsp3) is 0.394. The Kier molecular flexibility index (Phi) is 8.90. The fourth-order valence-electron chi connectivity index (χ4n) is 6.10. The second-order valence-corrected chi connectivity index (χ2v) is 10.7. The highest BCUT2D eigenvalue weighted by atomic mass is 16.5. The van der Waals surface area contributed by atoms with E-state index in [1.165, 1.54) is 10.5 Å². The first kappa shape index (κ1) is 28.6. The van der Waals surface area contributed by atoms with Crippen LogP contribution in [0.1, 0.15) is 63.7 Å². The molecule has 8 heteroatoms. The highest BCUT2D eigenvalue weighted by Gasteiger charge is 2.43. The van der Waals surface area contributed by atoms with E-state index in [1.54, 1.807) is 20.3 Å². The van der Waals surface area contributed by atoms with Gasteiger partial charge in [-0.3, -0.25) is 19.4 Å². The molecule has 1 unspecified atom stereocenters. The number of fused-ring (bicyclic) bond motifs is 1. The number of imide groups is 1. The van der Waals surface area contributed by atoms with Gasteiger partial charge in [0, 0.05) is 32.2 Å². The van der Waals surface area contributed by atoms with Crippen LogP contribution in [0, 0.1) is 0 Å². The number of carbonyl (C=O) groups is 2. The molecule has 216 valence electrons. The zero-order valence-corrected chi connectivity index (χ0v) is 24.4. The van der Waals surface area contributed by atoms with E-state index >= 15 is 0 Å². The van der Waals surface area contributed by atoms with E-state index < -0.39 is 6.04 Å². The maximum atomic E-state index is 14.1. The standard InChI is InChI=1S/C33H40N4O4/c1-23(24-10-6-5-7-11-24)35-18-20-36(21-19-35)28-13-8-12-26-31(28)33(39)37(32(26)38)27(14-9-17-34-2)25-15-16-29(40-3)30(22-25)41-4/h5-8,10-13,15-16,22-23,27,34H,9,14,17-21H2,1-4H3/t23-,27?/m1/s1. The van der Waals surface area contributed by atoms with Crippen molar-refractivity contribution in [3.05, 3.63) is 89.0 Å². The predicted molar refractivity (Wildman–Crippen MR) is 161 cm³/mol. The summed E-state index contributed by atoms with van der Waals surface area (Å²) in [6, 6.07) is 21.7. The zero-order valence-electron chi connectivity index (χ0n) is 24.4. The number of benzene rings is 3. The lowest BCUT2D eigenvalue weighted by molar-refractivity contribution is 0.0572. The highest BCUT2D eigenvalue weighted by molar-refractivity contribution is 6.24. The third kappa shape index (κ3) is 5.67. The van der Waals surface area contributed by atoms with Crippen LogP contribution in [0.25, 0.3) is 0 Å². The molecule has 2 aliphatic heterocycles. The lowest BCUT2D eigenvalue weighted by Gasteiger charge is -2.39. The Labute approximate surface area is 242 Å². The summed E-state index contributed by atoms with van der Waals surface area (Å²) < 4.78 is 11.0. The van der Waals surface area contributed by atoms with E-state index in [0.29, 0.717) is 35.1 Å². The minimum atomic E-state index is -0.424. The molecule has 0 bridgehead atoms. The Hall–Kier alpha value is -3.88. The molecule has 0 aliphatic carbocycles. The zero-order chi connectivity index (χ0) is 28.9. The molecule has 2 aliphatic rings. The molecule has 8 nitrogen and oxygen atoms in total. The van der Waals surface area contributed by atoms with Crippen LogP contribution in [0.15, 0.2) is 66.7 Å². The van der Waals surface area contributed by atoms with Crippen molar-refractivity contribution >= 4 is 17.5 Å². The van der Waals surface area contributed by atoms with Crippen molar-refractivity contribution in [2.75, 3.05) is 58.9 Å². The van der Waals surface area contributed by atoms with Crippen LogP contribution in [-0.2, 0) is 0 Å². The van der Waals surface area contributed by atoms with E-state index in [2.05, 4.69) is 46.3 Å². The Morgan fingerprint density at radius 3 is 2.24 bits per heavy atom. The van der Waals surface area contributed by atoms with Gasteiger partial charge in [0.2, 0.25) is 0 Å². The van der Waals surface area contributed by atoms with Crippen LogP contribution in [0.3, 0.4) is 0 Å². The maximum absolute atomic E-state index is 14.1. The average Bonchev–Trinajstić information content (AvgIpc) is 3.28. The van der Waals surface area contributed by atoms with Gasteiger partial charge in [-0.25, -0.2) is 0 Å². The fourth-order valence-corrected chi connectivity index (χ4v) is 6.10. The number of hydrogen-bond acceptors (Lipinski definition) is 7. The summed E-state index contributed by atoms with van der Waals surface area (Å²) in [4.78, 5) is 34.2. The molecule has 0 radical (unpaired) electrons. The second-order valence-electron chi connectivity index (χ2n) is 10.7. The molecule has 2 amide bonds. The van der Waals surface area contributed by atoms with Crippen molar-refractivity contribution in [1.29, 1.82) is 0 Å². The molecule has 1 saturated heterocycles. The van der Waals surface area contributed by atoms with Gasteiger partial charge in [0.05, 0.1) is 37.1 Å². The molecule has 0 saturated carbocycles. The van der Waals surface area contributed by atoms with Gasteiger partial charge in [-0.05, 0) is 68.8 Å². The molecular formula is C33H40N4O4. The van der Waals surface area contributed by atoms with Crippen LogP contribution in [0.4, 0.5) is 5.69 Å². The van der Waals surface area contributed by atoms with Crippen LogP contribution in [0.2, 0.25) is 0 Å². The summed E-state index contributed by atoms with van der Waals surface area (Å²) in [6.07, 6.45) is 1.44. The Morgan fingerprint density at radius 1 is 0.829 bits per heavy atom. The number of rotatable bonds is 11. The van der Waals surface area contributed by atoms with Crippen LogP contribution >= 0.6 is 0 Å². The smallest absolute Gasteiger partial charge is 0.264 e. The number of methoxy groups -OCH3 is 2. The number of piperazine rings is 1. The number of hydrogen-bond donors (Lipinski definition) is 1. The first-order valence-corrected chi connectivity index (χ1v) is 14.4. The molecule has 41 heavy (non-hydrogen) atoms. The molecule has 3 aromatic rings. The lowest BCUT2D eigenvalue weighted by atomic mass is 9.99. The van der Waals surface area contributed by atoms with Gasteiger partial charge in [0.25, 0.3) is 11.8 Å². The van der Waals surface area contributed by atoms with E-state index in [-0.39, 0.29) is 11.8 Å². The summed E-state index contributed by atoms with van der Waals surface area (Å²) >= 11 is 0. The van der Waals surface area contributed by atoms with Crippen molar-refractivity contribution in [1.82, 2.24) is 15.1 Å². The number of nitrogens with one attached hydrogen (secondary N) is 1. The molecule has 1 N–H and O–H groups in total. The molecule has 2 atom stereocenters. The Balaban J connectivity index is 1.40. The van der Waals surface area contributed by atoms with Crippen molar-refractivity contribution in [2.45, 2.75) is 31.8 Å². The quantitative estimate of drug-likeness (QED) is 0.265. The minimum Gasteiger partial charge on any atom is -0.493 e. The van der Waals surface area contributed by atoms with Crippen molar-refractivity contribution < 1.29 is 19.1 Å². The van der Waals surface area contributed by atoms with Crippen LogP contribution < -0.4 is 19.7 Å². The van der Waals surface area contributed by atoms with Gasteiger partial charge >= 0.3 is 0 Å². The monoisotopic (exact) mass is 556 g/mol. The van der Waals surface area contributed by atoms with E-state index in [4.69, 9.17) is 9.47 Å². The third-order valence-corrected chi connectivity index (χ3v) is 8.42. The van der Waals surface area contributed by atoms with Gasteiger partial charge in [0.1, 0.15) is 0 Å². The number of anilines is 1. The van der Waals surface area contributed by atoms with Gasteiger partial charge < -0.3 is 19.7 Å². The van der Waals surface area contributed by atoms with Gasteiger partial charge in [0.15, 0.2) is 11.5 Å². The molecule has 1 fully saturated rings. The van der Waals surface area contributed by atoms with Gasteiger partial charge in [-0.2, -0.15) is 0 Å². The summed E-state index contributed by atoms with van der Waals surface area (Å²) in [5.74, 6) is 0.705. The third-order valence-electron chi connectivity index (χ3n) is 8.42. The lowest BCUT2D eigenvalue weighted by Crippen LogP contribution is -2.47. The van der Waals surface area contributed by atoms with E-state index in [1.807, 2.05) is 43.4 Å². The molecule has 0 aromatic heterocycles. The minimum absolute atomic E-state index is 0.232. The van der Waals surface area contributed by atoms with Gasteiger partial charge in [-0.1, -0.05) is 42.5 Å². The highest BCUT2D eigenvalue weighted by Crippen LogP contribution is 2.40. The first-order chi connectivity index (χ1) is 20.0. The predicted octanol–water partition coefficient (Wildman–Crippen LogP) is 4.92. The van der Waals surface area contributed by atoms with Gasteiger partial charge in [-0.15, -0.1) is 0 Å². The van der Waals surface area contributed by atoms with Crippen molar-refractivity contribution in [3.63, 3.8) is 0 Å². The summed E-state index contributed by atoms with van der Waals surface area (Å²) in [6.45, 7) is 6.36. The van der Waals surface area contributed by atoms with Crippen molar-refractivity contribution in [2.24, 2.45) is 0 Å². The molecule has 5 rings (SSSR count). The molecule has 2 heterocycles. The van der Waals surface area contributed by atoms with E-state index in [9.17, 15) is 9.59 Å². The number of carbonyl (C=O) groups excluding carboxylic acids is 2. The normalized spacial score (nSPS) is 17.0. The maximum Gasteiger partial charge on any atom is 0.264 e. The second kappa shape index (κ2) is 12.7. The number of nitrogens with zero attached hydrogens (tertiary/aromatic N) is 3. The van der Waals surface area contributed by atoms with E-state index in [0.717, 1.165) is 50.4 Å². The topological polar surface area (TPSA) is 74.3 Å². The van der Waals surface area contributed by atoms with Crippen LogP contribution in [-0.4, -0.2) is 75.6 Å². The summed E-state index contributed by atoms with van der Waals surface area (Å²) in [7, 11) is 5.09. The summed E-state index contributed by atoms with van der Waals surface area (Å²) in [5.41, 5.74) is 3.99. The van der Waals surface area contributed by atoms with Crippen LogP contribution in [0.5, 0.6) is 11.5 Å². The molecule has 0 spiro atoms. The average molecular weight is 557 g/mol. The Bertz CT molecular complexity index is 1370. The first-order valence-electron chi connectivity index (χ1n) is 14.4. The molecular weight excluding hydrogens is 516 g/mol. The van der Waals surface area contributed by atoms with Crippen molar-refractivity contribution in [3.8, 4) is 11.5 Å². The largest absolute Gasteiger partial charge is 0.493 e.